The third kappa shape index (κ3) is 5.70. The minimum Gasteiger partial charge on any atom is -0.493 e. The number of hydrogen-bond acceptors (Lipinski definition) is 2. The molecule has 0 amide bonds. The van der Waals surface area contributed by atoms with E-state index in [1.54, 1.807) is 0 Å². The van der Waals surface area contributed by atoms with Crippen molar-refractivity contribution < 1.29 is 4.74 Å². The summed E-state index contributed by atoms with van der Waals surface area (Å²) in [7, 11) is 0. The maximum atomic E-state index is 5.99. The molecule has 0 radical (unpaired) electrons. The molecule has 0 saturated heterocycles. The van der Waals surface area contributed by atoms with Gasteiger partial charge in [0.2, 0.25) is 0 Å². The Morgan fingerprint density at radius 1 is 1.25 bits per heavy atom. The summed E-state index contributed by atoms with van der Waals surface area (Å²) in [4.78, 5) is 4.57. The van der Waals surface area contributed by atoms with E-state index in [0.717, 1.165) is 36.8 Å². The Morgan fingerprint density at radius 3 is 2.70 bits per heavy atom. The molecule has 20 heavy (non-hydrogen) atoms. The maximum absolute atomic E-state index is 5.99. The number of halogens is 1. The highest BCUT2D eigenvalue weighted by atomic mass is 35.5. The molecular weight excluding hydrogens is 274 g/mol. The van der Waals surface area contributed by atoms with Crippen LogP contribution in [0.2, 0.25) is 5.02 Å². The summed E-state index contributed by atoms with van der Waals surface area (Å²) < 4.78 is 5.60. The van der Waals surface area contributed by atoms with Gasteiger partial charge < -0.3 is 15.4 Å². The molecule has 0 heterocycles. The SMILES string of the molecule is CCCNC(=NCc1ccc(Cl)cc1OCC)NCC. The summed E-state index contributed by atoms with van der Waals surface area (Å²) in [6.45, 7) is 9.07. The molecule has 1 aromatic rings. The quantitative estimate of drug-likeness (QED) is 0.600. The predicted octanol–water partition coefficient (Wildman–Crippen LogP) is 3.20. The monoisotopic (exact) mass is 297 g/mol. The van der Waals surface area contributed by atoms with Crippen LogP contribution in [-0.2, 0) is 6.54 Å². The van der Waals surface area contributed by atoms with Crippen molar-refractivity contribution in [3.8, 4) is 5.75 Å². The van der Waals surface area contributed by atoms with Gasteiger partial charge in [0.05, 0.1) is 13.2 Å². The molecule has 0 aliphatic rings. The number of hydrogen-bond donors (Lipinski definition) is 2. The first-order valence-electron chi connectivity index (χ1n) is 7.14. The Hall–Kier alpha value is -1.42. The van der Waals surface area contributed by atoms with E-state index in [0.29, 0.717) is 18.2 Å². The first-order valence-corrected chi connectivity index (χ1v) is 7.52. The second kappa shape index (κ2) is 9.48. The molecule has 4 nitrogen and oxygen atoms in total. The fraction of sp³-hybridized carbons (Fsp3) is 0.533. The van der Waals surface area contributed by atoms with Crippen LogP contribution in [0.4, 0.5) is 0 Å². The van der Waals surface area contributed by atoms with Crippen LogP contribution in [0.3, 0.4) is 0 Å². The minimum absolute atomic E-state index is 0.561. The van der Waals surface area contributed by atoms with Crippen molar-refractivity contribution in [3.63, 3.8) is 0 Å². The summed E-state index contributed by atoms with van der Waals surface area (Å²) in [5.74, 6) is 1.63. The van der Waals surface area contributed by atoms with E-state index in [4.69, 9.17) is 16.3 Å². The fourth-order valence-corrected chi connectivity index (χ4v) is 1.86. The van der Waals surface area contributed by atoms with Gasteiger partial charge in [0, 0.05) is 23.7 Å². The predicted molar refractivity (Wildman–Crippen MR) is 85.7 cm³/mol. The average molecular weight is 298 g/mol. The molecule has 0 atom stereocenters. The van der Waals surface area contributed by atoms with Gasteiger partial charge in [-0.2, -0.15) is 0 Å². The van der Waals surface area contributed by atoms with E-state index in [1.165, 1.54) is 0 Å². The molecule has 0 spiro atoms. The molecule has 112 valence electrons. The minimum atomic E-state index is 0.561. The van der Waals surface area contributed by atoms with Crippen molar-refractivity contribution in [2.75, 3.05) is 19.7 Å². The lowest BCUT2D eigenvalue weighted by Crippen LogP contribution is -2.37. The number of nitrogens with zero attached hydrogens (tertiary/aromatic N) is 1. The van der Waals surface area contributed by atoms with E-state index in [-0.39, 0.29) is 0 Å². The molecule has 1 aromatic carbocycles. The van der Waals surface area contributed by atoms with E-state index in [1.807, 2.05) is 25.1 Å². The van der Waals surface area contributed by atoms with E-state index in [9.17, 15) is 0 Å². The number of ether oxygens (including phenoxy) is 1. The average Bonchev–Trinajstić information content (AvgIpc) is 2.44. The summed E-state index contributed by atoms with van der Waals surface area (Å²) in [5.41, 5.74) is 1.03. The molecule has 0 aliphatic carbocycles. The highest BCUT2D eigenvalue weighted by Gasteiger charge is 2.04. The zero-order valence-corrected chi connectivity index (χ0v) is 13.3. The normalized spacial score (nSPS) is 11.3. The van der Waals surface area contributed by atoms with Gasteiger partial charge in [-0.3, -0.25) is 0 Å². The topological polar surface area (TPSA) is 45.7 Å². The van der Waals surface area contributed by atoms with Crippen molar-refractivity contribution in [1.82, 2.24) is 10.6 Å². The Balaban J connectivity index is 2.78. The Morgan fingerprint density at radius 2 is 2.05 bits per heavy atom. The van der Waals surface area contributed by atoms with Crippen LogP contribution in [0.5, 0.6) is 5.75 Å². The van der Waals surface area contributed by atoms with Gasteiger partial charge in [-0.1, -0.05) is 24.6 Å². The van der Waals surface area contributed by atoms with E-state index in [2.05, 4.69) is 29.5 Å². The van der Waals surface area contributed by atoms with Crippen LogP contribution in [0.15, 0.2) is 23.2 Å². The van der Waals surface area contributed by atoms with Gasteiger partial charge in [0.1, 0.15) is 5.75 Å². The Bertz CT molecular complexity index is 435. The van der Waals surface area contributed by atoms with Crippen LogP contribution in [0.1, 0.15) is 32.8 Å². The zero-order chi connectivity index (χ0) is 14.8. The standard InChI is InChI=1S/C15H24ClN3O/c1-4-9-18-15(17-5-2)19-11-12-7-8-13(16)10-14(12)20-6-3/h7-8,10H,4-6,9,11H2,1-3H3,(H2,17,18,19). The Kier molecular flexibility index (Phi) is 7.88. The number of rotatable bonds is 7. The lowest BCUT2D eigenvalue weighted by molar-refractivity contribution is 0.336. The number of guanidine groups is 1. The first-order chi connectivity index (χ1) is 9.71. The van der Waals surface area contributed by atoms with Crippen LogP contribution < -0.4 is 15.4 Å². The summed E-state index contributed by atoms with van der Waals surface area (Å²) >= 11 is 5.99. The third-order valence-electron chi connectivity index (χ3n) is 2.62. The van der Waals surface area contributed by atoms with Crippen LogP contribution in [-0.4, -0.2) is 25.7 Å². The molecule has 5 heteroatoms. The highest BCUT2D eigenvalue weighted by molar-refractivity contribution is 6.30. The fourth-order valence-electron chi connectivity index (χ4n) is 1.70. The zero-order valence-electron chi connectivity index (χ0n) is 12.5. The van der Waals surface area contributed by atoms with Crippen LogP contribution >= 0.6 is 11.6 Å². The number of aliphatic imine (C=N–C) groups is 1. The van der Waals surface area contributed by atoms with E-state index >= 15 is 0 Å². The van der Waals surface area contributed by atoms with E-state index < -0.39 is 0 Å². The number of benzene rings is 1. The molecule has 0 aliphatic heterocycles. The largest absolute Gasteiger partial charge is 0.493 e. The molecule has 0 bridgehead atoms. The van der Waals surface area contributed by atoms with Crippen molar-refractivity contribution >= 4 is 17.6 Å². The van der Waals surface area contributed by atoms with Gasteiger partial charge >= 0.3 is 0 Å². The molecule has 2 N–H and O–H groups in total. The smallest absolute Gasteiger partial charge is 0.191 e. The Labute approximate surface area is 126 Å². The second-order valence-corrected chi connectivity index (χ2v) is 4.74. The molecule has 0 saturated carbocycles. The van der Waals surface area contributed by atoms with Crippen molar-refractivity contribution in [3.05, 3.63) is 28.8 Å². The van der Waals surface area contributed by atoms with Crippen molar-refractivity contribution in [2.45, 2.75) is 33.7 Å². The van der Waals surface area contributed by atoms with Crippen molar-refractivity contribution in [1.29, 1.82) is 0 Å². The second-order valence-electron chi connectivity index (χ2n) is 4.31. The first kappa shape index (κ1) is 16.6. The molecular formula is C15H24ClN3O. The summed E-state index contributed by atoms with van der Waals surface area (Å²) in [5, 5.41) is 7.18. The lowest BCUT2D eigenvalue weighted by atomic mass is 10.2. The van der Waals surface area contributed by atoms with Gasteiger partial charge in [0.15, 0.2) is 5.96 Å². The third-order valence-corrected chi connectivity index (χ3v) is 2.86. The summed E-state index contributed by atoms with van der Waals surface area (Å²) in [6.07, 6.45) is 1.07. The molecule has 0 unspecified atom stereocenters. The highest BCUT2D eigenvalue weighted by Crippen LogP contribution is 2.24. The molecule has 1 rings (SSSR count). The van der Waals surface area contributed by atoms with Gasteiger partial charge in [-0.25, -0.2) is 4.99 Å². The van der Waals surface area contributed by atoms with Crippen molar-refractivity contribution in [2.24, 2.45) is 4.99 Å². The van der Waals surface area contributed by atoms with Gasteiger partial charge in [-0.05, 0) is 32.4 Å². The van der Waals surface area contributed by atoms with Gasteiger partial charge in [0.25, 0.3) is 0 Å². The maximum Gasteiger partial charge on any atom is 0.191 e. The lowest BCUT2D eigenvalue weighted by Gasteiger charge is -2.12. The van der Waals surface area contributed by atoms with Crippen LogP contribution in [0, 0.1) is 0 Å². The van der Waals surface area contributed by atoms with Gasteiger partial charge in [-0.15, -0.1) is 0 Å². The summed E-state index contributed by atoms with van der Waals surface area (Å²) in [6, 6.07) is 5.66. The molecule has 0 fully saturated rings. The van der Waals surface area contributed by atoms with Crippen LogP contribution in [0.25, 0.3) is 0 Å². The number of nitrogens with one attached hydrogen (secondary N) is 2. The molecule has 0 aromatic heterocycles.